The van der Waals surface area contributed by atoms with Crippen molar-refractivity contribution in [1.29, 1.82) is 0 Å². The number of furan rings is 1. The van der Waals surface area contributed by atoms with Crippen LogP contribution < -0.4 is 5.32 Å². The molecule has 0 unspecified atom stereocenters. The summed E-state index contributed by atoms with van der Waals surface area (Å²) in [5.74, 6) is -0.625. The maximum Gasteiger partial charge on any atom is 0.252 e. The normalized spacial score (nSPS) is 16.8. The molecule has 1 aromatic heterocycles. The minimum atomic E-state index is -0.451. The van der Waals surface area contributed by atoms with Gasteiger partial charge >= 0.3 is 0 Å². The predicted molar refractivity (Wildman–Crippen MR) is 85.0 cm³/mol. The summed E-state index contributed by atoms with van der Waals surface area (Å²) in [6.45, 7) is 3.54. The van der Waals surface area contributed by atoms with Crippen molar-refractivity contribution in [3.8, 4) is 0 Å². The number of hydrogen-bond acceptors (Lipinski definition) is 4. The molecule has 0 saturated carbocycles. The zero-order valence-electron chi connectivity index (χ0n) is 13.2. The van der Waals surface area contributed by atoms with E-state index in [0.717, 1.165) is 39.1 Å². The van der Waals surface area contributed by atoms with Crippen LogP contribution in [0.3, 0.4) is 0 Å². The third-order valence-electron chi connectivity index (χ3n) is 4.35. The van der Waals surface area contributed by atoms with Gasteiger partial charge in [-0.25, -0.2) is 4.39 Å². The fourth-order valence-electron chi connectivity index (χ4n) is 3.01. The maximum atomic E-state index is 13.6. The van der Waals surface area contributed by atoms with Gasteiger partial charge in [-0.2, -0.15) is 0 Å². The number of nitrogens with zero attached hydrogens (tertiary/aromatic N) is 1. The first-order valence-corrected chi connectivity index (χ1v) is 7.87. The Morgan fingerprint density at radius 1 is 1.39 bits per heavy atom. The Labute approximate surface area is 134 Å². The topological polar surface area (TPSA) is 54.7 Å². The first-order chi connectivity index (χ1) is 11.2. The second-order valence-corrected chi connectivity index (χ2v) is 5.84. The van der Waals surface area contributed by atoms with Crippen molar-refractivity contribution in [1.82, 2.24) is 10.2 Å². The number of ether oxygens (including phenoxy) is 1. The molecule has 5 nitrogen and oxygen atoms in total. The summed E-state index contributed by atoms with van der Waals surface area (Å²) in [4.78, 5) is 14.8. The Kier molecular flexibility index (Phi) is 4.93. The van der Waals surface area contributed by atoms with Crippen molar-refractivity contribution in [3.05, 3.63) is 35.8 Å². The molecule has 1 saturated heterocycles. The van der Waals surface area contributed by atoms with Crippen LogP contribution in [0.1, 0.15) is 23.2 Å². The molecule has 0 radical (unpaired) electrons. The quantitative estimate of drug-likeness (QED) is 0.919. The van der Waals surface area contributed by atoms with Gasteiger partial charge in [0.05, 0.1) is 18.4 Å². The molecule has 1 N–H and O–H groups in total. The maximum absolute atomic E-state index is 13.6. The van der Waals surface area contributed by atoms with Gasteiger partial charge < -0.3 is 19.4 Å². The lowest BCUT2D eigenvalue weighted by molar-refractivity contribution is 0.0894. The zero-order valence-corrected chi connectivity index (χ0v) is 13.2. The highest BCUT2D eigenvalue weighted by Gasteiger charge is 2.22. The summed E-state index contributed by atoms with van der Waals surface area (Å²) in [5.41, 5.74) is 0.587. The summed E-state index contributed by atoms with van der Waals surface area (Å²) < 4.78 is 23.8. The van der Waals surface area contributed by atoms with E-state index in [4.69, 9.17) is 9.15 Å². The van der Waals surface area contributed by atoms with Gasteiger partial charge in [0.15, 0.2) is 11.4 Å². The summed E-state index contributed by atoms with van der Waals surface area (Å²) in [5, 5.41) is 3.57. The van der Waals surface area contributed by atoms with E-state index in [2.05, 4.69) is 10.2 Å². The molecule has 3 rings (SSSR count). The van der Waals surface area contributed by atoms with Gasteiger partial charge in [-0.05, 0) is 31.0 Å². The number of halogens is 1. The van der Waals surface area contributed by atoms with E-state index in [1.54, 1.807) is 13.2 Å². The Morgan fingerprint density at radius 2 is 2.17 bits per heavy atom. The Balaban J connectivity index is 1.61. The highest BCUT2D eigenvalue weighted by molar-refractivity contribution is 6.06. The third kappa shape index (κ3) is 3.54. The number of amides is 1. The van der Waals surface area contributed by atoms with Gasteiger partial charge in [0, 0.05) is 38.2 Å². The van der Waals surface area contributed by atoms with Crippen LogP contribution in [0.4, 0.5) is 4.39 Å². The monoisotopic (exact) mass is 320 g/mol. The highest BCUT2D eigenvalue weighted by atomic mass is 19.1. The molecule has 6 heteroatoms. The summed E-state index contributed by atoms with van der Waals surface area (Å²) >= 11 is 0. The highest BCUT2D eigenvalue weighted by Crippen LogP contribution is 2.23. The molecule has 1 fully saturated rings. The lowest BCUT2D eigenvalue weighted by atomic mass is 10.0. The largest absolute Gasteiger partial charge is 0.461 e. The number of nitrogens with one attached hydrogen (secondary N) is 1. The molecular formula is C17H21FN2O3. The van der Waals surface area contributed by atoms with Crippen LogP contribution in [0.15, 0.2) is 28.9 Å². The van der Waals surface area contributed by atoms with E-state index < -0.39 is 5.82 Å². The van der Waals surface area contributed by atoms with Crippen molar-refractivity contribution >= 4 is 16.9 Å². The Bertz CT molecular complexity index is 678. The van der Waals surface area contributed by atoms with Crippen molar-refractivity contribution in [2.75, 3.05) is 33.4 Å². The zero-order chi connectivity index (χ0) is 16.2. The van der Waals surface area contributed by atoms with Crippen LogP contribution in [0.2, 0.25) is 0 Å². The smallest absolute Gasteiger partial charge is 0.252 e. The molecule has 0 spiro atoms. The molecule has 0 atom stereocenters. The summed E-state index contributed by atoms with van der Waals surface area (Å²) in [6, 6.07) is 4.55. The number of rotatable bonds is 5. The molecule has 1 aliphatic heterocycles. The molecule has 1 aliphatic rings. The Morgan fingerprint density at radius 3 is 2.91 bits per heavy atom. The SMILES string of the molecule is COCCN1CCC(NC(=O)c2ccc(F)c3occc23)CC1. The Hall–Kier alpha value is -1.92. The predicted octanol–water partition coefficient (Wildman–Crippen LogP) is 2.41. The fraction of sp³-hybridized carbons (Fsp3) is 0.471. The minimum Gasteiger partial charge on any atom is -0.461 e. The average molecular weight is 320 g/mol. The molecule has 124 valence electrons. The van der Waals surface area contributed by atoms with Crippen LogP contribution in [-0.2, 0) is 4.74 Å². The molecule has 2 heterocycles. The third-order valence-corrected chi connectivity index (χ3v) is 4.35. The van der Waals surface area contributed by atoms with Gasteiger partial charge in [-0.15, -0.1) is 0 Å². The van der Waals surface area contributed by atoms with Crippen LogP contribution >= 0.6 is 0 Å². The average Bonchev–Trinajstić information content (AvgIpc) is 3.05. The van der Waals surface area contributed by atoms with Crippen LogP contribution in [0.5, 0.6) is 0 Å². The van der Waals surface area contributed by atoms with Crippen LogP contribution in [0, 0.1) is 5.82 Å². The van der Waals surface area contributed by atoms with E-state index in [0.29, 0.717) is 10.9 Å². The summed E-state index contributed by atoms with van der Waals surface area (Å²) in [7, 11) is 1.70. The van der Waals surface area contributed by atoms with E-state index in [9.17, 15) is 9.18 Å². The van der Waals surface area contributed by atoms with Crippen LogP contribution in [-0.4, -0.2) is 50.2 Å². The second-order valence-electron chi connectivity index (χ2n) is 5.84. The van der Waals surface area contributed by atoms with E-state index >= 15 is 0 Å². The lowest BCUT2D eigenvalue weighted by Gasteiger charge is -2.32. The number of benzene rings is 1. The van der Waals surface area contributed by atoms with E-state index in [1.807, 2.05) is 0 Å². The van der Waals surface area contributed by atoms with Gasteiger partial charge in [0.1, 0.15) is 0 Å². The number of likely N-dealkylation sites (tertiary alicyclic amines) is 1. The van der Waals surface area contributed by atoms with Gasteiger partial charge in [0.25, 0.3) is 5.91 Å². The number of carbonyl (C=O) groups is 1. The number of carbonyl (C=O) groups excluding carboxylic acids is 1. The number of methoxy groups -OCH3 is 1. The summed E-state index contributed by atoms with van der Waals surface area (Å²) in [6.07, 6.45) is 3.22. The molecule has 1 amide bonds. The number of piperidine rings is 1. The molecule has 0 bridgehead atoms. The van der Waals surface area contributed by atoms with Crippen LogP contribution in [0.25, 0.3) is 11.0 Å². The van der Waals surface area contributed by atoms with Gasteiger partial charge in [0.2, 0.25) is 0 Å². The first kappa shape index (κ1) is 16.0. The van der Waals surface area contributed by atoms with Gasteiger partial charge in [-0.1, -0.05) is 0 Å². The van der Waals surface area contributed by atoms with Crippen molar-refractivity contribution < 1.29 is 18.3 Å². The lowest BCUT2D eigenvalue weighted by Crippen LogP contribution is -2.45. The fourth-order valence-corrected chi connectivity index (χ4v) is 3.01. The van der Waals surface area contributed by atoms with E-state index in [1.165, 1.54) is 18.4 Å². The molecular weight excluding hydrogens is 299 g/mol. The molecule has 2 aromatic rings. The standard InChI is InChI=1S/C17H21FN2O3/c1-22-11-9-20-7-4-12(5-8-20)19-17(21)14-2-3-15(18)16-13(14)6-10-23-16/h2-3,6,10,12H,4-5,7-9,11H2,1H3,(H,19,21). The second kappa shape index (κ2) is 7.10. The van der Waals surface area contributed by atoms with E-state index in [-0.39, 0.29) is 17.5 Å². The molecule has 0 aliphatic carbocycles. The van der Waals surface area contributed by atoms with Crippen molar-refractivity contribution in [2.24, 2.45) is 0 Å². The van der Waals surface area contributed by atoms with Crippen molar-refractivity contribution in [3.63, 3.8) is 0 Å². The molecule has 1 aromatic carbocycles. The number of hydrogen-bond donors (Lipinski definition) is 1. The molecule has 23 heavy (non-hydrogen) atoms. The van der Waals surface area contributed by atoms with Gasteiger partial charge in [-0.3, -0.25) is 4.79 Å². The van der Waals surface area contributed by atoms with Crippen molar-refractivity contribution in [2.45, 2.75) is 18.9 Å². The minimum absolute atomic E-state index is 0.132. The number of fused-ring (bicyclic) bond motifs is 1. The first-order valence-electron chi connectivity index (χ1n) is 7.87.